The smallest absolute Gasteiger partial charge is 0.255 e. The summed E-state index contributed by atoms with van der Waals surface area (Å²) in [6.45, 7) is 2.27. The number of pyridine rings is 1. The van der Waals surface area contributed by atoms with Crippen LogP contribution in [0.5, 0.6) is 5.88 Å². The van der Waals surface area contributed by atoms with Crippen molar-refractivity contribution in [2.45, 2.75) is 18.4 Å². The van der Waals surface area contributed by atoms with E-state index in [0.29, 0.717) is 29.5 Å². The van der Waals surface area contributed by atoms with Crippen molar-refractivity contribution in [3.8, 4) is 5.88 Å². The van der Waals surface area contributed by atoms with Gasteiger partial charge in [0.25, 0.3) is 5.91 Å². The lowest BCUT2D eigenvalue weighted by Crippen LogP contribution is -2.23. The Labute approximate surface area is 162 Å². The molecule has 9 heteroatoms. The van der Waals surface area contributed by atoms with Crippen molar-refractivity contribution >= 4 is 21.6 Å². The van der Waals surface area contributed by atoms with Crippen LogP contribution in [-0.2, 0) is 16.6 Å². The molecule has 0 aliphatic carbocycles. The predicted octanol–water partition coefficient (Wildman–Crippen LogP) is 2.80. The molecule has 3 rings (SSSR count). The fourth-order valence-electron chi connectivity index (χ4n) is 2.38. The summed E-state index contributed by atoms with van der Waals surface area (Å²) in [5, 5.41) is 2.71. The van der Waals surface area contributed by atoms with Gasteiger partial charge in [-0.25, -0.2) is 18.1 Å². The quantitative estimate of drug-likeness (QED) is 0.600. The molecule has 2 heterocycles. The maximum absolute atomic E-state index is 12.4. The van der Waals surface area contributed by atoms with Crippen LogP contribution in [0.2, 0.25) is 0 Å². The Morgan fingerprint density at radius 1 is 1.14 bits per heavy atom. The fraction of sp³-hybridized carbons (Fsp3) is 0.158. The first-order chi connectivity index (χ1) is 13.5. The molecule has 0 bridgehead atoms. The van der Waals surface area contributed by atoms with E-state index in [9.17, 15) is 13.2 Å². The van der Waals surface area contributed by atoms with Gasteiger partial charge in [-0.05, 0) is 55.5 Å². The van der Waals surface area contributed by atoms with E-state index in [2.05, 4.69) is 15.0 Å². The van der Waals surface area contributed by atoms with Gasteiger partial charge in [-0.1, -0.05) is 0 Å². The third-order valence-electron chi connectivity index (χ3n) is 3.74. The summed E-state index contributed by atoms with van der Waals surface area (Å²) in [7, 11) is -3.72. The van der Waals surface area contributed by atoms with Gasteiger partial charge in [0.15, 0.2) is 0 Å². The molecule has 0 saturated carbocycles. The lowest BCUT2D eigenvalue weighted by atomic mass is 10.2. The molecule has 0 aliphatic heterocycles. The number of carbonyl (C=O) groups excluding carboxylic acids is 1. The van der Waals surface area contributed by atoms with Crippen molar-refractivity contribution in [2.75, 3.05) is 11.9 Å². The number of nitrogens with one attached hydrogen (secondary N) is 2. The molecule has 3 aromatic rings. The van der Waals surface area contributed by atoms with E-state index in [0.717, 1.165) is 0 Å². The van der Waals surface area contributed by atoms with Crippen molar-refractivity contribution in [2.24, 2.45) is 0 Å². The van der Waals surface area contributed by atoms with E-state index in [4.69, 9.17) is 9.15 Å². The van der Waals surface area contributed by atoms with Gasteiger partial charge in [0.1, 0.15) is 11.4 Å². The minimum atomic E-state index is -3.72. The van der Waals surface area contributed by atoms with Crippen molar-refractivity contribution in [3.05, 3.63) is 72.3 Å². The zero-order valence-corrected chi connectivity index (χ0v) is 15.9. The van der Waals surface area contributed by atoms with Crippen LogP contribution in [0.3, 0.4) is 0 Å². The number of amides is 1. The Bertz CT molecular complexity index is 1030. The summed E-state index contributed by atoms with van der Waals surface area (Å²) in [6, 6.07) is 12.3. The highest BCUT2D eigenvalue weighted by atomic mass is 32.2. The molecule has 0 atom stereocenters. The Balaban J connectivity index is 1.69. The number of aromatic nitrogens is 1. The summed E-state index contributed by atoms with van der Waals surface area (Å²) in [6.07, 6.45) is 3.03. The molecule has 1 amide bonds. The average Bonchev–Trinajstić information content (AvgIpc) is 3.22. The molecular formula is C19H19N3O5S. The first kappa shape index (κ1) is 19.6. The van der Waals surface area contributed by atoms with Crippen molar-refractivity contribution in [1.82, 2.24) is 9.71 Å². The standard InChI is InChI=1S/C19H19N3O5S/c1-2-26-19-17(6-3-11-20-19)22-18(23)14-7-9-16(10-8-14)28(24,25)21-13-15-5-4-12-27-15/h3-12,21H,2,13H2,1H3,(H,22,23). The Morgan fingerprint density at radius 3 is 2.61 bits per heavy atom. The maximum Gasteiger partial charge on any atom is 0.255 e. The van der Waals surface area contributed by atoms with Crippen molar-refractivity contribution in [1.29, 1.82) is 0 Å². The van der Waals surface area contributed by atoms with E-state index in [1.54, 1.807) is 30.5 Å². The maximum atomic E-state index is 12.4. The molecule has 8 nitrogen and oxygen atoms in total. The highest BCUT2D eigenvalue weighted by molar-refractivity contribution is 7.89. The van der Waals surface area contributed by atoms with Gasteiger partial charge in [-0.3, -0.25) is 4.79 Å². The number of hydrogen-bond donors (Lipinski definition) is 2. The molecule has 0 saturated heterocycles. The number of hydrogen-bond acceptors (Lipinski definition) is 6. The minimum absolute atomic E-state index is 0.0405. The monoisotopic (exact) mass is 401 g/mol. The number of benzene rings is 1. The lowest BCUT2D eigenvalue weighted by Gasteiger charge is -2.10. The summed E-state index contributed by atoms with van der Waals surface area (Å²) in [4.78, 5) is 16.6. The summed E-state index contributed by atoms with van der Waals surface area (Å²) < 4.78 is 37.6. The topological polar surface area (TPSA) is 111 Å². The fourth-order valence-corrected chi connectivity index (χ4v) is 3.37. The minimum Gasteiger partial charge on any atom is -0.476 e. The van der Waals surface area contributed by atoms with Crippen LogP contribution in [0.4, 0.5) is 5.69 Å². The third-order valence-corrected chi connectivity index (χ3v) is 5.16. The zero-order valence-electron chi connectivity index (χ0n) is 15.1. The Hall–Kier alpha value is -3.17. The molecule has 0 fully saturated rings. The number of sulfonamides is 1. The van der Waals surface area contributed by atoms with Gasteiger partial charge in [-0.2, -0.15) is 0 Å². The molecule has 28 heavy (non-hydrogen) atoms. The predicted molar refractivity (Wildman–Crippen MR) is 103 cm³/mol. The number of furan rings is 1. The first-order valence-electron chi connectivity index (χ1n) is 8.51. The molecule has 2 N–H and O–H groups in total. The van der Waals surface area contributed by atoms with Crippen molar-refractivity contribution in [3.63, 3.8) is 0 Å². The zero-order chi connectivity index (χ0) is 20.0. The van der Waals surface area contributed by atoms with Crippen LogP contribution in [-0.4, -0.2) is 25.9 Å². The van der Waals surface area contributed by atoms with E-state index in [1.807, 2.05) is 6.92 Å². The van der Waals surface area contributed by atoms with Crippen LogP contribution in [0.15, 0.2) is 70.3 Å². The highest BCUT2D eigenvalue weighted by Crippen LogP contribution is 2.21. The molecule has 0 unspecified atom stereocenters. The second-order valence-corrected chi connectivity index (χ2v) is 7.44. The molecule has 0 radical (unpaired) electrons. The van der Waals surface area contributed by atoms with Gasteiger partial charge >= 0.3 is 0 Å². The van der Waals surface area contributed by atoms with Gasteiger partial charge in [-0.15, -0.1) is 0 Å². The largest absolute Gasteiger partial charge is 0.476 e. The highest BCUT2D eigenvalue weighted by Gasteiger charge is 2.16. The molecular weight excluding hydrogens is 382 g/mol. The summed E-state index contributed by atoms with van der Waals surface area (Å²) >= 11 is 0. The van der Waals surface area contributed by atoms with Crippen molar-refractivity contribution < 1.29 is 22.4 Å². The van der Waals surface area contributed by atoms with Gasteiger partial charge < -0.3 is 14.5 Å². The van der Waals surface area contributed by atoms with E-state index >= 15 is 0 Å². The van der Waals surface area contributed by atoms with E-state index in [1.165, 1.54) is 30.5 Å². The molecule has 2 aromatic heterocycles. The average molecular weight is 401 g/mol. The van der Waals surface area contributed by atoms with Gasteiger partial charge in [0.05, 0.1) is 24.3 Å². The van der Waals surface area contributed by atoms with Crippen LogP contribution in [0.25, 0.3) is 0 Å². The normalized spacial score (nSPS) is 11.2. The molecule has 0 spiro atoms. The Morgan fingerprint density at radius 2 is 1.93 bits per heavy atom. The second kappa shape index (κ2) is 8.68. The van der Waals surface area contributed by atoms with Gasteiger partial charge in [0, 0.05) is 11.8 Å². The summed E-state index contributed by atoms with van der Waals surface area (Å²) in [5.74, 6) is 0.419. The van der Waals surface area contributed by atoms with E-state index < -0.39 is 15.9 Å². The molecule has 1 aromatic carbocycles. The first-order valence-corrected chi connectivity index (χ1v) is 9.99. The van der Waals surface area contributed by atoms with Crippen LogP contribution in [0.1, 0.15) is 23.0 Å². The number of anilines is 1. The second-order valence-electron chi connectivity index (χ2n) is 5.67. The van der Waals surface area contributed by atoms with Crippen LogP contribution < -0.4 is 14.8 Å². The number of nitrogens with zero attached hydrogens (tertiary/aromatic N) is 1. The van der Waals surface area contributed by atoms with Gasteiger partial charge in [0.2, 0.25) is 15.9 Å². The number of rotatable bonds is 8. The SMILES string of the molecule is CCOc1ncccc1NC(=O)c1ccc(S(=O)(=O)NCc2ccco2)cc1. The number of ether oxygens (including phenoxy) is 1. The summed E-state index contributed by atoms with van der Waals surface area (Å²) in [5.41, 5.74) is 0.738. The molecule has 146 valence electrons. The van der Waals surface area contributed by atoms with E-state index in [-0.39, 0.29) is 11.4 Å². The Kier molecular flexibility index (Phi) is 6.07. The lowest BCUT2D eigenvalue weighted by molar-refractivity contribution is 0.102. The molecule has 0 aliphatic rings. The van der Waals surface area contributed by atoms with Crippen LogP contribution >= 0.6 is 0 Å². The number of carbonyl (C=O) groups is 1. The third kappa shape index (κ3) is 4.76. The van der Waals surface area contributed by atoms with Crippen LogP contribution in [0, 0.1) is 0 Å².